The Kier molecular flexibility index (Phi) is 24.1. The summed E-state index contributed by atoms with van der Waals surface area (Å²) in [6.07, 6.45) is 4.23. The molecule has 15 heteroatoms. The molecule has 5 atom stereocenters. The van der Waals surface area contributed by atoms with Gasteiger partial charge >= 0.3 is 12.2 Å². The van der Waals surface area contributed by atoms with Crippen molar-refractivity contribution in [1.29, 1.82) is 0 Å². The molecule has 2 amide bonds. The number of thioether (sulfide) groups is 2. The average molecular weight is 1050 g/mol. The lowest BCUT2D eigenvalue weighted by Gasteiger charge is -2.30. The third-order valence-electron chi connectivity index (χ3n) is 10.9. The second-order valence-electron chi connectivity index (χ2n) is 20.7. The molecule has 6 rings (SSSR count). The number of aliphatic hydroxyl groups is 2. The summed E-state index contributed by atoms with van der Waals surface area (Å²) in [6.45, 7) is 23.0. The van der Waals surface area contributed by atoms with Crippen LogP contribution in [0.3, 0.4) is 0 Å². The number of rotatable bonds is 19. The molecule has 5 N–H and O–H groups in total. The number of nitrogens with one attached hydrogen (secondary N) is 3. The van der Waals surface area contributed by atoms with Crippen molar-refractivity contribution in [3.8, 4) is 0 Å². The zero-order chi connectivity index (χ0) is 52.3. The number of amides is 2. The lowest BCUT2D eigenvalue weighted by molar-refractivity contribution is 0.0399. The summed E-state index contributed by atoms with van der Waals surface area (Å²) in [5.41, 5.74) is 5.59. The van der Waals surface area contributed by atoms with Gasteiger partial charge in [-0.3, -0.25) is 0 Å². The molecule has 0 aliphatic carbocycles. The summed E-state index contributed by atoms with van der Waals surface area (Å²) in [6, 6.07) is 31.7. The van der Waals surface area contributed by atoms with Crippen molar-refractivity contribution in [2.75, 3.05) is 25.6 Å². The number of nitrogens with zero attached hydrogens (tertiary/aromatic N) is 2. The van der Waals surface area contributed by atoms with E-state index in [1.165, 1.54) is 20.5 Å². The molecular weight excluding hydrogens is 967 g/mol. The summed E-state index contributed by atoms with van der Waals surface area (Å²) in [5.74, 6) is 1.13. The minimum absolute atomic E-state index is 0.160. The lowest BCUT2D eigenvalue weighted by atomic mass is 9.83. The summed E-state index contributed by atoms with van der Waals surface area (Å²) in [7, 11) is 0. The van der Waals surface area contributed by atoms with Crippen LogP contribution in [0.15, 0.2) is 106 Å². The monoisotopic (exact) mass is 1050 g/mol. The van der Waals surface area contributed by atoms with Gasteiger partial charge in [-0.2, -0.15) is 0 Å². The van der Waals surface area contributed by atoms with E-state index in [4.69, 9.17) is 9.47 Å². The van der Waals surface area contributed by atoms with E-state index in [0.717, 1.165) is 43.8 Å². The molecule has 0 bridgehead atoms. The standard InChI is InChI=1S/C28H38N2O3S2.C19H32N2O3.C9H9NS2/c1-18(2)14-21(20-12-13-22-25(17-20)35-27(30-22)34-6)16-24(31)23(15-19-10-8-7-9-11-19)29-26(32)33-28(3,4)5;1-14(2)12-20-13-17(22)16(11-15-9-7-6-8-10-15)21-18(23)24-19(3,4)5;1-6-3-4-7-8(5-6)12-9(10-7)11-2/h7-13,17-18,21,23-24,31H,14-16H2,1-6H3,(H,29,32);6-10,14,16-17,20,22H,11-13H2,1-5H3,(H,21,23);3-5H,1-2H3/t21?,23-,24+;16-,17+;/m00./s1. The van der Waals surface area contributed by atoms with Crippen LogP contribution >= 0.6 is 46.2 Å². The smallest absolute Gasteiger partial charge is 0.407 e. The fourth-order valence-corrected chi connectivity index (χ4v) is 10.8. The maximum Gasteiger partial charge on any atom is 0.407 e. The molecule has 1 unspecified atom stereocenters. The fourth-order valence-electron chi connectivity index (χ4n) is 7.64. The highest BCUT2D eigenvalue weighted by Gasteiger charge is 2.29. The van der Waals surface area contributed by atoms with E-state index < -0.39 is 47.7 Å². The molecule has 388 valence electrons. The first-order chi connectivity index (χ1) is 33.5. The van der Waals surface area contributed by atoms with Crippen molar-refractivity contribution in [2.45, 2.75) is 152 Å². The summed E-state index contributed by atoms with van der Waals surface area (Å²) >= 11 is 6.83. The second kappa shape index (κ2) is 28.9. The number of hydrogen-bond acceptors (Lipinski definition) is 13. The van der Waals surface area contributed by atoms with Crippen LogP contribution in [-0.2, 0) is 22.3 Å². The summed E-state index contributed by atoms with van der Waals surface area (Å²) < 4.78 is 15.5. The van der Waals surface area contributed by atoms with Crippen LogP contribution in [0.1, 0.15) is 110 Å². The van der Waals surface area contributed by atoms with Crippen LogP contribution in [0.2, 0.25) is 0 Å². The number of aromatic nitrogens is 2. The summed E-state index contributed by atoms with van der Waals surface area (Å²) in [4.78, 5) is 33.8. The van der Waals surface area contributed by atoms with Gasteiger partial charge in [0.25, 0.3) is 0 Å². The number of thiazole rings is 2. The lowest BCUT2D eigenvalue weighted by Crippen LogP contribution is -2.50. The third-order valence-corrected chi connectivity index (χ3v) is 14.9. The first kappa shape index (κ1) is 59.3. The van der Waals surface area contributed by atoms with Gasteiger partial charge in [-0.25, -0.2) is 19.6 Å². The molecule has 6 aromatic rings. The molecule has 0 saturated carbocycles. The first-order valence-electron chi connectivity index (χ1n) is 24.5. The number of alkyl carbamates (subject to hydrolysis) is 2. The zero-order valence-electron chi connectivity index (χ0n) is 44.1. The number of carbonyl (C=O) groups excluding carboxylic acids is 2. The number of ether oxygens (including phenoxy) is 2. The molecule has 0 fully saturated rings. The van der Waals surface area contributed by atoms with Gasteiger partial charge in [-0.1, -0.05) is 124 Å². The van der Waals surface area contributed by atoms with E-state index >= 15 is 0 Å². The Hall–Kier alpha value is -4.22. The van der Waals surface area contributed by atoms with Gasteiger partial charge in [-0.05, 0) is 157 Å². The number of aliphatic hydroxyl groups excluding tert-OH is 2. The van der Waals surface area contributed by atoms with E-state index in [9.17, 15) is 19.8 Å². The molecule has 0 aliphatic rings. The maximum absolute atomic E-state index is 12.6. The Bertz CT molecular complexity index is 2500. The molecule has 11 nitrogen and oxygen atoms in total. The highest BCUT2D eigenvalue weighted by atomic mass is 32.2. The van der Waals surface area contributed by atoms with Crippen LogP contribution in [-0.4, -0.2) is 93.5 Å². The fraction of sp³-hybridized carbons (Fsp3) is 0.500. The molecule has 4 aromatic carbocycles. The average Bonchev–Trinajstić information content (AvgIpc) is 3.91. The molecule has 0 radical (unpaired) electrons. The number of benzene rings is 4. The Labute approximate surface area is 440 Å². The Morgan fingerprint density at radius 3 is 1.54 bits per heavy atom. The maximum atomic E-state index is 12.6. The molecule has 0 saturated heterocycles. The Balaban J connectivity index is 0.000000260. The van der Waals surface area contributed by atoms with Gasteiger partial charge in [0.2, 0.25) is 0 Å². The number of aryl methyl sites for hydroxylation is 1. The van der Waals surface area contributed by atoms with Crippen molar-refractivity contribution in [3.63, 3.8) is 0 Å². The molecular formula is C56H79N5O6S4. The predicted octanol–water partition coefficient (Wildman–Crippen LogP) is 13.1. The molecule has 2 aromatic heterocycles. The van der Waals surface area contributed by atoms with E-state index in [-0.39, 0.29) is 5.92 Å². The van der Waals surface area contributed by atoms with Crippen molar-refractivity contribution in [1.82, 2.24) is 25.9 Å². The molecule has 2 heterocycles. The topological polar surface area (TPSA) is 155 Å². The molecule has 0 spiro atoms. The van der Waals surface area contributed by atoms with E-state index in [0.29, 0.717) is 37.6 Å². The van der Waals surface area contributed by atoms with E-state index in [1.807, 2.05) is 108 Å². The molecule has 0 aliphatic heterocycles. The zero-order valence-corrected chi connectivity index (χ0v) is 47.3. The van der Waals surface area contributed by atoms with E-state index in [1.54, 1.807) is 46.2 Å². The van der Waals surface area contributed by atoms with Crippen LogP contribution in [0, 0.1) is 18.8 Å². The normalized spacial score (nSPS) is 13.9. The minimum Gasteiger partial charge on any atom is -0.444 e. The van der Waals surface area contributed by atoms with Crippen molar-refractivity contribution in [3.05, 3.63) is 119 Å². The molecule has 71 heavy (non-hydrogen) atoms. The SMILES string of the molecule is CC(C)CNC[C@@H](O)[C@H](Cc1ccccc1)NC(=O)OC(C)(C)C.CSc1nc2ccc(C(CC(C)C)C[C@@H](O)[C@H](Cc3ccccc3)NC(=O)OC(C)(C)C)cc2s1.CSc1nc2ccc(C)cc2s1. The number of carbonyl (C=O) groups is 2. The quantitative estimate of drug-likeness (QED) is 0.0492. The summed E-state index contributed by atoms with van der Waals surface area (Å²) in [5, 5.41) is 30.9. The Morgan fingerprint density at radius 2 is 1.08 bits per heavy atom. The van der Waals surface area contributed by atoms with Crippen LogP contribution < -0.4 is 16.0 Å². The van der Waals surface area contributed by atoms with Gasteiger partial charge in [0.15, 0.2) is 8.68 Å². The van der Waals surface area contributed by atoms with E-state index in [2.05, 4.69) is 103 Å². The van der Waals surface area contributed by atoms with Gasteiger partial charge in [-0.15, -0.1) is 22.7 Å². The number of hydrogen-bond donors (Lipinski definition) is 5. The van der Waals surface area contributed by atoms with Crippen molar-refractivity contribution < 1.29 is 29.3 Å². The van der Waals surface area contributed by atoms with Crippen LogP contribution in [0.25, 0.3) is 20.4 Å². The van der Waals surface area contributed by atoms with Gasteiger partial charge in [0.1, 0.15) is 11.2 Å². The van der Waals surface area contributed by atoms with Gasteiger partial charge in [0.05, 0.1) is 44.7 Å². The first-order valence-corrected chi connectivity index (χ1v) is 28.6. The third kappa shape index (κ3) is 22.2. The van der Waals surface area contributed by atoms with Gasteiger partial charge in [0, 0.05) is 6.54 Å². The van der Waals surface area contributed by atoms with Crippen molar-refractivity contribution in [2.24, 2.45) is 11.8 Å². The highest BCUT2D eigenvalue weighted by molar-refractivity contribution is 8.00. The Morgan fingerprint density at radius 1 is 0.620 bits per heavy atom. The van der Waals surface area contributed by atoms with Crippen molar-refractivity contribution >= 4 is 78.8 Å². The minimum atomic E-state index is -0.731. The van der Waals surface area contributed by atoms with Gasteiger partial charge < -0.3 is 35.6 Å². The van der Waals surface area contributed by atoms with Crippen LogP contribution in [0.5, 0.6) is 0 Å². The van der Waals surface area contributed by atoms with Crippen LogP contribution in [0.4, 0.5) is 9.59 Å². The predicted molar refractivity (Wildman–Crippen MR) is 301 cm³/mol. The highest BCUT2D eigenvalue weighted by Crippen LogP contribution is 2.35. The second-order valence-corrected chi connectivity index (χ2v) is 24.9. The largest absolute Gasteiger partial charge is 0.444 e. The number of fused-ring (bicyclic) bond motifs is 2.